The predicted octanol–water partition coefficient (Wildman–Crippen LogP) is -0.172. The van der Waals surface area contributed by atoms with Crippen LogP contribution in [-0.2, 0) is 14.4 Å². The lowest BCUT2D eigenvalue weighted by molar-refractivity contribution is -0.984. The minimum atomic E-state index is -1.61. The van der Waals surface area contributed by atoms with E-state index in [-0.39, 0.29) is 42.6 Å². The van der Waals surface area contributed by atoms with Crippen LogP contribution in [0.5, 0.6) is 0 Å². The zero-order valence-corrected chi connectivity index (χ0v) is 13.8. The number of aliphatic carboxylic acids is 1. The third kappa shape index (κ3) is 2.78. The fourth-order valence-electron chi connectivity index (χ4n) is 3.67. The van der Waals surface area contributed by atoms with E-state index < -0.39 is 28.5 Å². The fraction of sp³-hybridized carbons (Fsp3) is 0.714. The number of fused-ring (bicyclic) bond motifs is 1. The van der Waals surface area contributed by atoms with Gasteiger partial charge in [0.05, 0.1) is 24.9 Å². The highest BCUT2D eigenvalue weighted by Gasteiger charge is 2.58. The van der Waals surface area contributed by atoms with Gasteiger partial charge in [0.25, 0.3) is 0 Å². The Kier molecular flexibility index (Phi) is 4.54. The average molecular weight is 358 g/mol. The third-order valence-electron chi connectivity index (χ3n) is 4.95. The van der Waals surface area contributed by atoms with Gasteiger partial charge in [-0.3, -0.25) is 0 Å². The molecule has 3 fully saturated rings. The lowest BCUT2D eigenvalue weighted by atomic mass is 10.0. The number of carbonyl (C=O) groups excluding carboxylic acids is 3. The maximum absolute atomic E-state index is 11.8. The van der Waals surface area contributed by atoms with Crippen molar-refractivity contribution in [2.75, 3.05) is 5.75 Å². The molecule has 4 amide bonds. The normalized spacial score (nSPS) is 32.4. The summed E-state index contributed by atoms with van der Waals surface area (Å²) in [5.41, 5.74) is 0. The van der Waals surface area contributed by atoms with Crippen molar-refractivity contribution < 1.29 is 34.1 Å². The lowest BCUT2D eigenvalue weighted by Gasteiger charge is -2.26. The predicted molar refractivity (Wildman–Crippen MR) is 82.1 cm³/mol. The Morgan fingerprint density at radius 1 is 1.25 bits per heavy atom. The second-order valence-corrected chi connectivity index (χ2v) is 7.65. The SMILES string of the molecule is O=C1N[C@H]2[C@H](CS[C@H]2CCCC(C(=O)O)[N+]2(O)C(=O)CCC2=O)N1. The molecule has 4 atom stereocenters. The summed E-state index contributed by atoms with van der Waals surface area (Å²) in [4.78, 5) is 46.5. The number of carbonyl (C=O) groups is 4. The molecule has 0 aromatic rings. The Labute approximate surface area is 142 Å². The molecule has 0 bridgehead atoms. The number of thioether (sulfide) groups is 1. The largest absolute Gasteiger partial charge is 0.477 e. The summed E-state index contributed by atoms with van der Waals surface area (Å²) >= 11 is 1.70. The highest BCUT2D eigenvalue weighted by atomic mass is 32.2. The molecule has 3 saturated heterocycles. The van der Waals surface area contributed by atoms with Gasteiger partial charge in [-0.2, -0.15) is 11.8 Å². The van der Waals surface area contributed by atoms with E-state index in [2.05, 4.69) is 10.6 Å². The van der Waals surface area contributed by atoms with Crippen LogP contribution in [0.1, 0.15) is 32.1 Å². The van der Waals surface area contributed by atoms with E-state index in [4.69, 9.17) is 0 Å². The number of nitrogens with zero attached hydrogens (tertiary/aromatic N) is 1. The van der Waals surface area contributed by atoms with E-state index in [9.17, 15) is 29.5 Å². The minimum Gasteiger partial charge on any atom is -0.477 e. The molecule has 0 spiro atoms. The molecule has 0 aromatic carbocycles. The Morgan fingerprint density at radius 3 is 2.54 bits per heavy atom. The van der Waals surface area contributed by atoms with Crippen LogP contribution in [-0.4, -0.2) is 67.9 Å². The number of amides is 4. The molecule has 0 aliphatic carbocycles. The van der Waals surface area contributed by atoms with Gasteiger partial charge in [-0.1, -0.05) is 0 Å². The molecule has 10 heteroatoms. The van der Waals surface area contributed by atoms with Gasteiger partial charge in [-0.25, -0.2) is 24.4 Å². The summed E-state index contributed by atoms with van der Waals surface area (Å²) in [6.07, 6.45) is 0.853. The van der Waals surface area contributed by atoms with Crippen LogP contribution in [0.3, 0.4) is 0 Å². The van der Waals surface area contributed by atoms with Gasteiger partial charge in [-0.15, -0.1) is 0 Å². The van der Waals surface area contributed by atoms with Crippen molar-refractivity contribution in [2.24, 2.45) is 0 Å². The quantitative estimate of drug-likeness (QED) is 0.224. The number of hydrogen-bond donors (Lipinski definition) is 4. The molecule has 3 aliphatic rings. The van der Waals surface area contributed by atoms with Crippen LogP contribution >= 0.6 is 11.8 Å². The van der Waals surface area contributed by atoms with Crippen LogP contribution in [0, 0.1) is 0 Å². The molecule has 3 rings (SSSR count). The summed E-state index contributed by atoms with van der Waals surface area (Å²) in [7, 11) is 0. The summed E-state index contributed by atoms with van der Waals surface area (Å²) in [6, 6.07) is -1.56. The van der Waals surface area contributed by atoms with Crippen LogP contribution in [0.15, 0.2) is 0 Å². The number of hydrogen-bond acceptors (Lipinski definition) is 6. The first-order chi connectivity index (χ1) is 11.3. The molecule has 0 aromatic heterocycles. The summed E-state index contributed by atoms with van der Waals surface area (Å²) in [5.74, 6) is -2.06. The number of imide groups is 1. The summed E-state index contributed by atoms with van der Waals surface area (Å²) in [5, 5.41) is 25.5. The van der Waals surface area contributed by atoms with Crippen LogP contribution < -0.4 is 10.6 Å². The second kappa shape index (κ2) is 6.34. The first kappa shape index (κ1) is 17.2. The second-order valence-electron chi connectivity index (χ2n) is 6.38. The third-order valence-corrected chi connectivity index (χ3v) is 6.46. The van der Waals surface area contributed by atoms with Crippen LogP contribution in [0.25, 0.3) is 0 Å². The fourth-order valence-corrected chi connectivity index (χ4v) is 5.21. The number of quaternary nitrogens is 1. The zero-order chi connectivity index (χ0) is 17.5. The molecule has 3 heterocycles. The van der Waals surface area contributed by atoms with Crippen LogP contribution in [0.4, 0.5) is 4.79 Å². The number of hydroxylamine groups is 3. The Bertz CT molecular complexity index is 581. The lowest BCUT2D eigenvalue weighted by Crippen LogP contribution is -2.59. The molecular formula is C14H20N3O6S+. The van der Waals surface area contributed by atoms with Gasteiger partial charge < -0.3 is 15.7 Å². The first-order valence-corrected chi connectivity index (χ1v) is 8.98. The molecule has 24 heavy (non-hydrogen) atoms. The summed E-state index contributed by atoms with van der Waals surface area (Å²) in [6.45, 7) is 0. The van der Waals surface area contributed by atoms with Crippen molar-refractivity contribution in [3.05, 3.63) is 0 Å². The molecule has 1 unspecified atom stereocenters. The average Bonchev–Trinajstić information content (AvgIpc) is 3.13. The molecule has 9 nitrogen and oxygen atoms in total. The smallest absolute Gasteiger partial charge is 0.366 e. The van der Waals surface area contributed by atoms with Crippen molar-refractivity contribution in [3.8, 4) is 0 Å². The molecule has 0 saturated carbocycles. The van der Waals surface area contributed by atoms with Gasteiger partial charge in [0.1, 0.15) is 0 Å². The number of likely N-dealkylation sites (tertiary alicyclic amines) is 1. The van der Waals surface area contributed by atoms with E-state index in [1.165, 1.54) is 0 Å². The van der Waals surface area contributed by atoms with E-state index >= 15 is 0 Å². The van der Waals surface area contributed by atoms with E-state index in [0.717, 1.165) is 5.75 Å². The van der Waals surface area contributed by atoms with Gasteiger partial charge in [0.15, 0.2) is 0 Å². The van der Waals surface area contributed by atoms with Crippen molar-refractivity contribution >= 4 is 35.6 Å². The van der Waals surface area contributed by atoms with Crippen molar-refractivity contribution in [3.63, 3.8) is 0 Å². The Balaban J connectivity index is 1.60. The molecular weight excluding hydrogens is 338 g/mol. The van der Waals surface area contributed by atoms with E-state index in [0.29, 0.717) is 12.8 Å². The maximum atomic E-state index is 11.8. The van der Waals surface area contributed by atoms with Crippen molar-refractivity contribution in [1.29, 1.82) is 0 Å². The number of carboxylic acids is 1. The molecule has 132 valence electrons. The summed E-state index contributed by atoms with van der Waals surface area (Å²) < 4.78 is -1.61. The molecule has 0 radical (unpaired) electrons. The highest BCUT2D eigenvalue weighted by molar-refractivity contribution is 8.00. The Morgan fingerprint density at radius 2 is 1.92 bits per heavy atom. The maximum Gasteiger partial charge on any atom is 0.366 e. The number of carboxylic acid groups (broad SMARTS) is 1. The van der Waals surface area contributed by atoms with Gasteiger partial charge in [0.2, 0.25) is 6.04 Å². The monoisotopic (exact) mass is 358 g/mol. The molecule has 4 N–H and O–H groups in total. The van der Waals surface area contributed by atoms with Gasteiger partial charge in [0, 0.05) is 17.4 Å². The number of rotatable bonds is 6. The van der Waals surface area contributed by atoms with E-state index in [1.54, 1.807) is 11.8 Å². The van der Waals surface area contributed by atoms with Crippen molar-refractivity contribution in [2.45, 2.75) is 55.5 Å². The van der Waals surface area contributed by atoms with Crippen LogP contribution in [0.2, 0.25) is 0 Å². The zero-order valence-electron chi connectivity index (χ0n) is 12.9. The number of nitrogens with one attached hydrogen (secondary N) is 2. The highest BCUT2D eigenvalue weighted by Crippen LogP contribution is 2.34. The minimum absolute atomic E-state index is 0.0121. The van der Waals surface area contributed by atoms with E-state index in [1.807, 2.05) is 0 Å². The van der Waals surface area contributed by atoms with Gasteiger partial charge >= 0.3 is 23.8 Å². The molecule has 3 aliphatic heterocycles. The standard InChI is InChI=1S/C14H19N3O6S/c18-10-4-5-11(19)17(10,23)8(13(20)21)2-1-3-9-12-7(6-24-9)15-14(22)16-12/h7-9,12,23H,1-6H2,(H2-,15,16,20,21,22)/p+1/t7-,8?,9-,12-/m0/s1. The number of urea groups is 1. The first-order valence-electron chi connectivity index (χ1n) is 7.93. The topological polar surface area (TPSA) is 133 Å². The Hall–Kier alpha value is -1.65. The van der Waals surface area contributed by atoms with Gasteiger partial charge in [-0.05, 0) is 17.5 Å². The van der Waals surface area contributed by atoms with Crippen molar-refractivity contribution in [1.82, 2.24) is 10.6 Å².